The Kier molecular flexibility index (Phi) is 10.4. The number of nitrogens with one attached hydrogen (secondary N) is 2. The Morgan fingerprint density at radius 3 is 2.32 bits per heavy atom. The molecule has 0 bridgehead atoms. The van der Waals surface area contributed by atoms with Gasteiger partial charge in [0, 0.05) is 13.1 Å². The molecule has 1 aliphatic heterocycles. The molecule has 0 aromatic heterocycles. The van der Waals surface area contributed by atoms with Gasteiger partial charge in [-0.3, -0.25) is 0 Å². The molecule has 1 rings (SSSR count). The quantitative estimate of drug-likeness (QED) is 0.705. The third kappa shape index (κ3) is 8.58. The summed E-state index contributed by atoms with van der Waals surface area (Å²) < 4.78 is 0. The van der Waals surface area contributed by atoms with Crippen LogP contribution in [0.2, 0.25) is 0 Å². The van der Waals surface area contributed by atoms with Crippen LogP contribution in [0.5, 0.6) is 0 Å². The van der Waals surface area contributed by atoms with Crippen molar-refractivity contribution in [3.63, 3.8) is 0 Å². The molecule has 1 aliphatic rings. The van der Waals surface area contributed by atoms with Gasteiger partial charge in [0.1, 0.15) is 0 Å². The Morgan fingerprint density at radius 1 is 0.947 bits per heavy atom. The lowest BCUT2D eigenvalue weighted by atomic mass is 10.3. The highest BCUT2D eigenvalue weighted by Gasteiger charge is 2.09. The molecule has 0 aromatic rings. The molecule has 1 fully saturated rings. The molecule has 0 aliphatic carbocycles. The first-order valence-corrected chi connectivity index (χ1v) is 8.23. The predicted octanol–water partition coefficient (Wildman–Crippen LogP) is 0.993. The summed E-state index contributed by atoms with van der Waals surface area (Å²) in [6.45, 7) is 16.4. The van der Waals surface area contributed by atoms with Crippen LogP contribution in [-0.4, -0.2) is 75.2 Å². The largest absolute Gasteiger partial charge is 0.317 e. The molecule has 0 spiro atoms. The van der Waals surface area contributed by atoms with Crippen molar-refractivity contribution < 1.29 is 0 Å². The van der Waals surface area contributed by atoms with E-state index in [0.29, 0.717) is 0 Å². The van der Waals surface area contributed by atoms with Gasteiger partial charge in [0.05, 0.1) is 0 Å². The third-order valence-electron chi connectivity index (χ3n) is 3.91. The van der Waals surface area contributed by atoms with E-state index in [0.717, 1.165) is 13.1 Å². The summed E-state index contributed by atoms with van der Waals surface area (Å²) in [7, 11) is 0. The van der Waals surface area contributed by atoms with Crippen LogP contribution in [0.1, 0.15) is 33.1 Å². The summed E-state index contributed by atoms with van der Waals surface area (Å²) in [4.78, 5) is 5.23. The fourth-order valence-corrected chi connectivity index (χ4v) is 2.63. The van der Waals surface area contributed by atoms with Crippen molar-refractivity contribution >= 4 is 0 Å². The van der Waals surface area contributed by atoms with Crippen LogP contribution in [0.4, 0.5) is 0 Å². The molecule has 0 saturated carbocycles. The number of nitrogens with zero attached hydrogens (tertiary/aromatic N) is 2. The number of rotatable bonds is 6. The summed E-state index contributed by atoms with van der Waals surface area (Å²) in [5, 5.41) is 6.98. The summed E-state index contributed by atoms with van der Waals surface area (Å²) >= 11 is 0. The molecule has 0 amide bonds. The second kappa shape index (κ2) is 11.6. The molecule has 4 nitrogen and oxygen atoms in total. The maximum atomic E-state index is 3.56. The number of likely N-dealkylation sites (N-methyl/N-ethyl adjacent to an activating group) is 1. The molecule has 0 unspecified atom stereocenters. The van der Waals surface area contributed by atoms with Crippen LogP contribution in [0.3, 0.4) is 0 Å². The van der Waals surface area contributed by atoms with E-state index in [-0.39, 0.29) is 0 Å². The Labute approximate surface area is 119 Å². The first kappa shape index (κ1) is 16.9. The van der Waals surface area contributed by atoms with Crippen LogP contribution >= 0.6 is 0 Å². The second-order valence-corrected chi connectivity index (χ2v) is 5.44. The smallest absolute Gasteiger partial charge is 0.0109 e. The van der Waals surface area contributed by atoms with Gasteiger partial charge in [-0.1, -0.05) is 13.8 Å². The van der Waals surface area contributed by atoms with E-state index in [9.17, 15) is 0 Å². The van der Waals surface area contributed by atoms with Gasteiger partial charge in [0.25, 0.3) is 0 Å². The second-order valence-electron chi connectivity index (χ2n) is 5.44. The molecule has 19 heavy (non-hydrogen) atoms. The van der Waals surface area contributed by atoms with E-state index in [4.69, 9.17) is 0 Å². The van der Waals surface area contributed by atoms with E-state index < -0.39 is 0 Å². The van der Waals surface area contributed by atoms with Crippen molar-refractivity contribution in [2.45, 2.75) is 33.1 Å². The summed E-state index contributed by atoms with van der Waals surface area (Å²) in [6, 6.07) is 0. The lowest BCUT2D eigenvalue weighted by Crippen LogP contribution is -2.37. The van der Waals surface area contributed by atoms with Gasteiger partial charge in [-0.25, -0.2) is 0 Å². The maximum Gasteiger partial charge on any atom is 0.0109 e. The highest BCUT2D eigenvalue weighted by atomic mass is 15.2. The van der Waals surface area contributed by atoms with E-state index in [1.807, 2.05) is 0 Å². The van der Waals surface area contributed by atoms with Gasteiger partial charge in [-0.15, -0.1) is 0 Å². The van der Waals surface area contributed by atoms with Gasteiger partial charge < -0.3 is 20.4 Å². The van der Waals surface area contributed by atoms with Crippen LogP contribution in [0.25, 0.3) is 0 Å². The molecule has 0 radical (unpaired) electrons. The van der Waals surface area contributed by atoms with Gasteiger partial charge >= 0.3 is 0 Å². The molecule has 1 saturated heterocycles. The molecule has 1 heterocycles. The lowest BCUT2D eigenvalue weighted by Gasteiger charge is -2.26. The van der Waals surface area contributed by atoms with Crippen molar-refractivity contribution in [3.8, 4) is 0 Å². The fourth-order valence-electron chi connectivity index (χ4n) is 2.63. The van der Waals surface area contributed by atoms with Crippen molar-refractivity contribution in [1.82, 2.24) is 20.4 Å². The molecule has 0 aromatic carbocycles. The first-order chi connectivity index (χ1) is 9.36. The van der Waals surface area contributed by atoms with Gasteiger partial charge in [0.2, 0.25) is 0 Å². The van der Waals surface area contributed by atoms with Gasteiger partial charge in [0.15, 0.2) is 0 Å². The average Bonchev–Trinajstić information content (AvgIpc) is 2.48. The molecule has 2 N–H and O–H groups in total. The zero-order valence-electron chi connectivity index (χ0n) is 13.1. The zero-order chi connectivity index (χ0) is 13.8. The minimum atomic E-state index is 1.09. The van der Waals surface area contributed by atoms with Crippen molar-refractivity contribution in [2.24, 2.45) is 0 Å². The number of hydrogen-bond acceptors (Lipinski definition) is 4. The van der Waals surface area contributed by atoms with Crippen molar-refractivity contribution in [2.75, 3.05) is 65.4 Å². The summed E-state index contributed by atoms with van der Waals surface area (Å²) in [5.41, 5.74) is 0. The molecular weight excluding hydrogens is 236 g/mol. The van der Waals surface area contributed by atoms with Gasteiger partial charge in [-0.05, 0) is 71.6 Å². The summed E-state index contributed by atoms with van der Waals surface area (Å²) in [5.74, 6) is 0. The fraction of sp³-hybridized carbons (Fsp3) is 1.00. The van der Waals surface area contributed by atoms with Crippen LogP contribution in [0, 0.1) is 0 Å². The van der Waals surface area contributed by atoms with E-state index in [1.54, 1.807) is 0 Å². The monoisotopic (exact) mass is 270 g/mol. The lowest BCUT2D eigenvalue weighted by molar-refractivity contribution is 0.208. The predicted molar refractivity (Wildman–Crippen MR) is 83.8 cm³/mol. The molecule has 114 valence electrons. The van der Waals surface area contributed by atoms with Crippen molar-refractivity contribution in [3.05, 3.63) is 0 Å². The molecular formula is C15H34N4. The SMILES string of the molecule is CCNCCCN1CCCNCCCN(CC)CC1. The standard InChI is InChI=1S/C15H34N4/c1-3-16-8-5-12-19-13-7-10-17-9-6-11-18(4-2)14-15-19/h16-17H,3-15H2,1-2H3. The Bertz CT molecular complexity index is 199. The third-order valence-corrected chi connectivity index (χ3v) is 3.91. The zero-order valence-corrected chi connectivity index (χ0v) is 13.1. The molecule has 0 atom stereocenters. The normalized spacial score (nSPS) is 21.2. The highest BCUT2D eigenvalue weighted by molar-refractivity contribution is 4.66. The average molecular weight is 270 g/mol. The van der Waals surface area contributed by atoms with E-state index in [1.165, 1.54) is 71.6 Å². The van der Waals surface area contributed by atoms with E-state index in [2.05, 4.69) is 34.3 Å². The topological polar surface area (TPSA) is 30.5 Å². The molecule has 4 heteroatoms. The Morgan fingerprint density at radius 2 is 1.63 bits per heavy atom. The van der Waals surface area contributed by atoms with Crippen molar-refractivity contribution in [1.29, 1.82) is 0 Å². The minimum absolute atomic E-state index is 1.09. The Balaban J connectivity index is 2.29. The maximum absolute atomic E-state index is 3.56. The highest BCUT2D eigenvalue weighted by Crippen LogP contribution is 1.99. The number of hydrogen-bond donors (Lipinski definition) is 2. The first-order valence-electron chi connectivity index (χ1n) is 8.23. The van der Waals surface area contributed by atoms with Crippen LogP contribution in [0.15, 0.2) is 0 Å². The summed E-state index contributed by atoms with van der Waals surface area (Å²) in [6.07, 6.45) is 3.84. The van der Waals surface area contributed by atoms with Gasteiger partial charge in [-0.2, -0.15) is 0 Å². The van der Waals surface area contributed by atoms with Crippen LogP contribution < -0.4 is 10.6 Å². The Hall–Kier alpha value is -0.160. The van der Waals surface area contributed by atoms with E-state index >= 15 is 0 Å². The van der Waals surface area contributed by atoms with Crippen LogP contribution in [-0.2, 0) is 0 Å². The minimum Gasteiger partial charge on any atom is -0.317 e.